The molecule has 0 bridgehead atoms. The molecule has 2 aliphatic rings. The van der Waals surface area contributed by atoms with Crippen molar-refractivity contribution >= 4 is 35.3 Å². The molecule has 0 aromatic heterocycles. The Kier molecular flexibility index (Phi) is 7.33. The summed E-state index contributed by atoms with van der Waals surface area (Å²) >= 11 is 1.43. The van der Waals surface area contributed by atoms with E-state index in [1.54, 1.807) is 6.07 Å². The Morgan fingerprint density at radius 3 is 2.78 bits per heavy atom. The molecule has 1 aliphatic heterocycles. The molecule has 0 saturated heterocycles. The molecule has 0 radical (unpaired) electrons. The van der Waals surface area contributed by atoms with Gasteiger partial charge in [0.05, 0.1) is 10.6 Å². The monoisotopic (exact) mass is 449 g/mol. The van der Waals surface area contributed by atoms with Gasteiger partial charge in [-0.25, -0.2) is 0 Å². The molecule has 1 aliphatic carbocycles. The quantitative estimate of drug-likeness (QED) is 0.604. The fourth-order valence-electron chi connectivity index (χ4n) is 4.37. The van der Waals surface area contributed by atoms with E-state index in [1.165, 1.54) is 43.9 Å². The summed E-state index contributed by atoms with van der Waals surface area (Å²) in [4.78, 5) is 29.2. The van der Waals surface area contributed by atoms with Crippen molar-refractivity contribution in [3.8, 4) is 0 Å². The average Bonchev–Trinajstić information content (AvgIpc) is 2.79. The van der Waals surface area contributed by atoms with Crippen molar-refractivity contribution in [3.05, 3.63) is 64.1 Å². The lowest BCUT2D eigenvalue weighted by Crippen LogP contribution is -2.39. The minimum atomic E-state index is -0.143. The van der Waals surface area contributed by atoms with Gasteiger partial charge in [-0.15, -0.1) is 0 Å². The van der Waals surface area contributed by atoms with E-state index in [0.29, 0.717) is 28.7 Å². The van der Waals surface area contributed by atoms with Crippen LogP contribution in [0.15, 0.2) is 52.3 Å². The van der Waals surface area contributed by atoms with E-state index in [2.05, 4.69) is 28.6 Å². The van der Waals surface area contributed by atoms with Crippen molar-refractivity contribution in [3.63, 3.8) is 0 Å². The van der Waals surface area contributed by atoms with Gasteiger partial charge in [-0.3, -0.25) is 9.59 Å². The van der Waals surface area contributed by atoms with E-state index in [1.807, 2.05) is 43.3 Å². The molecule has 1 fully saturated rings. The first-order valence-corrected chi connectivity index (χ1v) is 12.2. The van der Waals surface area contributed by atoms with Crippen molar-refractivity contribution in [2.24, 2.45) is 0 Å². The number of fused-ring (bicyclic) bond motifs is 1. The first-order valence-electron chi connectivity index (χ1n) is 11.4. The number of carbonyl (C=O) groups is 2. The Morgan fingerprint density at radius 1 is 1.19 bits per heavy atom. The number of benzene rings is 2. The van der Waals surface area contributed by atoms with Crippen LogP contribution in [0.3, 0.4) is 0 Å². The summed E-state index contributed by atoms with van der Waals surface area (Å²) in [5.41, 5.74) is 3.41. The molecule has 1 heterocycles. The summed E-state index contributed by atoms with van der Waals surface area (Å²) in [6.07, 6.45) is 8.38. The number of thioether (sulfide) groups is 1. The average molecular weight is 450 g/mol. The van der Waals surface area contributed by atoms with Crippen LogP contribution in [0.5, 0.6) is 0 Å². The number of rotatable bonds is 6. The van der Waals surface area contributed by atoms with Gasteiger partial charge in [-0.1, -0.05) is 60.9 Å². The normalized spacial score (nSPS) is 17.8. The Bertz CT molecular complexity index is 1030. The van der Waals surface area contributed by atoms with Crippen molar-refractivity contribution in [1.82, 2.24) is 10.2 Å². The molecule has 0 spiro atoms. The number of aryl methyl sites for hydroxylation is 1. The molecule has 6 heteroatoms. The number of likely N-dealkylation sites (N-methyl/N-ethyl adjacent to an activating group) is 1. The second-order valence-electron chi connectivity index (χ2n) is 8.72. The predicted octanol–water partition coefficient (Wildman–Crippen LogP) is 5.07. The van der Waals surface area contributed by atoms with E-state index < -0.39 is 0 Å². The summed E-state index contributed by atoms with van der Waals surface area (Å²) in [5.74, 6) is -0.249. The minimum absolute atomic E-state index is 0.106. The number of nitrogens with one attached hydrogen (secondary N) is 2. The molecule has 32 heavy (non-hydrogen) atoms. The van der Waals surface area contributed by atoms with Crippen LogP contribution in [-0.4, -0.2) is 42.9 Å². The Hall–Kier alpha value is -2.57. The highest BCUT2D eigenvalue weighted by Gasteiger charge is 2.22. The summed E-state index contributed by atoms with van der Waals surface area (Å²) in [6.45, 7) is 3.50. The highest BCUT2D eigenvalue weighted by molar-refractivity contribution is 8.04. The summed E-state index contributed by atoms with van der Waals surface area (Å²) in [7, 11) is 2.15. The van der Waals surface area contributed by atoms with Gasteiger partial charge in [0.15, 0.2) is 0 Å². The number of hydrogen-bond acceptors (Lipinski definition) is 4. The molecular weight excluding hydrogens is 418 g/mol. The van der Waals surface area contributed by atoms with E-state index >= 15 is 0 Å². The molecule has 2 N–H and O–H groups in total. The maximum absolute atomic E-state index is 12.6. The van der Waals surface area contributed by atoms with Crippen LogP contribution in [0, 0.1) is 6.92 Å². The molecule has 168 valence electrons. The fraction of sp³-hybridized carbons (Fsp3) is 0.385. The lowest BCUT2D eigenvalue weighted by Gasteiger charge is -2.31. The third-order valence-electron chi connectivity index (χ3n) is 6.22. The van der Waals surface area contributed by atoms with E-state index in [-0.39, 0.29) is 11.8 Å². The van der Waals surface area contributed by atoms with Crippen molar-refractivity contribution in [2.75, 3.05) is 25.5 Å². The summed E-state index contributed by atoms with van der Waals surface area (Å²) < 4.78 is 0. The number of nitrogens with zero attached hydrogens (tertiary/aromatic N) is 1. The van der Waals surface area contributed by atoms with Gasteiger partial charge in [0.2, 0.25) is 0 Å². The molecular formula is C26H31N3O2S. The lowest BCUT2D eigenvalue weighted by molar-refractivity contribution is -0.112. The molecule has 1 saturated carbocycles. The zero-order valence-electron chi connectivity index (χ0n) is 18.8. The maximum Gasteiger partial charge on any atom is 0.262 e. The number of carbonyl (C=O) groups excluding carboxylic acids is 2. The van der Waals surface area contributed by atoms with Crippen LogP contribution in [0.1, 0.15) is 53.6 Å². The molecule has 2 aromatic rings. The van der Waals surface area contributed by atoms with Gasteiger partial charge in [0, 0.05) is 29.6 Å². The minimum Gasteiger partial charge on any atom is -0.351 e. The third kappa shape index (κ3) is 5.61. The SMILES string of the molecule is Cc1cccc(C=C2Sc3ccc(C(=O)NCCN(C)C4CCCCC4)cc3NC2=O)c1. The topological polar surface area (TPSA) is 61.4 Å². The Labute approximate surface area is 194 Å². The van der Waals surface area contributed by atoms with Crippen molar-refractivity contribution in [1.29, 1.82) is 0 Å². The van der Waals surface area contributed by atoms with Crippen LogP contribution < -0.4 is 10.6 Å². The van der Waals surface area contributed by atoms with Gasteiger partial charge in [0.25, 0.3) is 11.8 Å². The van der Waals surface area contributed by atoms with Gasteiger partial charge in [0.1, 0.15) is 0 Å². The molecule has 5 nitrogen and oxygen atoms in total. The lowest BCUT2D eigenvalue weighted by atomic mass is 9.94. The van der Waals surface area contributed by atoms with Crippen LogP contribution >= 0.6 is 11.8 Å². The highest BCUT2D eigenvalue weighted by atomic mass is 32.2. The smallest absolute Gasteiger partial charge is 0.262 e. The fourth-order valence-corrected chi connectivity index (χ4v) is 5.30. The molecule has 0 unspecified atom stereocenters. The van der Waals surface area contributed by atoms with Crippen LogP contribution in [0.25, 0.3) is 6.08 Å². The van der Waals surface area contributed by atoms with Crippen LogP contribution in [0.2, 0.25) is 0 Å². The van der Waals surface area contributed by atoms with Crippen LogP contribution in [0.4, 0.5) is 5.69 Å². The third-order valence-corrected chi connectivity index (χ3v) is 7.32. The number of amides is 2. The summed E-state index contributed by atoms with van der Waals surface area (Å²) in [5, 5.41) is 5.96. The zero-order chi connectivity index (χ0) is 22.5. The maximum atomic E-state index is 12.6. The van der Waals surface area contributed by atoms with Gasteiger partial charge in [-0.05, 0) is 56.7 Å². The first-order chi connectivity index (χ1) is 15.5. The first kappa shape index (κ1) is 22.6. The van der Waals surface area contributed by atoms with E-state index in [0.717, 1.165) is 22.6 Å². The van der Waals surface area contributed by atoms with Gasteiger partial charge < -0.3 is 15.5 Å². The second kappa shape index (κ2) is 10.4. The Morgan fingerprint density at radius 2 is 2.00 bits per heavy atom. The molecule has 2 aromatic carbocycles. The predicted molar refractivity (Wildman–Crippen MR) is 132 cm³/mol. The van der Waals surface area contributed by atoms with Gasteiger partial charge in [-0.2, -0.15) is 0 Å². The summed E-state index contributed by atoms with van der Waals surface area (Å²) in [6, 6.07) is 14.2. The van der Waals surface area contributed by atoms with Crippen molar-refractivity contribution < 1.29 is 9.59 Å². The highest BCUT2D eigenvalue weighted by Crippen LogP contribution is 2.39. The van der Waals surface area contributed by atoms with Crippen molar-refractivity contribution in [2.45, 2.75) is 50.0 Å². The largest absolute Gasteiger partial charge is 0.351 e. The molecule has 2 amide bonds. The van der Waals surface area contributed by atoms with E-state index in [9.17, 15) is 9.59 Å². The molecule has 4 rings (SSSR count). The standard InChI is InChI=1S/C26H31N3O2S/c1-18-7-6-8-19(15-18)16-24-26(31)28-22-17-20(11-12-23(22)32-24)25(30)27-13-14-29(2)21-9-4-3-5-10-21/h6-8,11-12,15-17,21H,3-5,9-10,13-14H2,1-2H3,(H,27,30)(H,28,31). The number of hydrogen-bond donors (Lipinski definition) is 2. The number of anilines is 1. The van der Waals surface area contributed by atoms with E-state index in [4.69, 9.17) is 0 Å². The molecule has 0 atom stereocenters. The zero-order valence-corrected chi connectivity index (χ0v) is 19.6. The Balaban J connectivity index is 1.36. The van der Waals surface area contributed by atoms with Crippen LogP contribution in [-0.2, 0) is 4.79 Å². The van der Waals surface area contributed by atoms with Gasteiger partial charge >= 0.3 is 0 Å². The second-order valence-corrected chi connectivity index (χ2v) is 9.80.